The third-order valence-corrected chi connectivity index (χ3v) is 7.07. The zero-order chi connectivity index (χ0) is 25.4. The Morgan fingerprint density at radius 2 is 1.97 bits per heavy atom. The second kappa shape index (κ2) is 9.66. The number of nitrogens with zero attached hydrogens (tertiary/aromatic N) is 6. The van der Waals surface area contributed by atoms with E-state index in [0.717, 1.165) is 48.0 Å². The summed E-state index contributed by atoms with van der Waals surface area (Å²) in [6.07, 6.45) is 3.57. The van der Waals surface area contributed by atoms with Gasteiger partial charge in [-0.25, -0.2) is 9.36 Å². The first-order valence-electron chi connectivity index (χ1n) is 12.4. The second-order valence-electron chi connectivity index (χ2n) is 9.46. The third-order valence-electron chi connectivity index (χ3n) is 7.07. The number of benzene rings is 1. The number of aromatic nitrogens is 4. The molecule has 188 valence electrons. The zero-order valence-corrected chi connectivity index (χ0v) is 20.7. The molecule has 1 atom stereocenters. The van der Waals surface area contributed by atoms with E-state index in [1.165, 1.54) is 4.57 Å². The normalized spacial score (nSPS) is 17.6. The van der Waals surface area contributed by atoms with E-state index in [-0.39, 0.29) is 36.2 Å². The van der Waals surface area contributed by atoms with Crippen molar-refractivity contribution in [1.29, 1.82) is 0 Å². The molecule has 2 aliphatic rings. The van der Waals surface area contributed by atoms with Crippen molar-refractivity contribution >= 4 is 28.7 Å². The number of piperidine rings is 1. The lowest BCUT2D eigenvalue weighted by atomic mass is 10.0. The molecule has 4 heterocycles. The minimum atomic E-state index is -0.570. The number of hydrogen-bond donors (Lipinski definition) is 1. The topological polar surface area (TPSA) is 111 Å². The first-order chi connectivity index (χ1) is 17.4. The van der Waals surface area contributed by atoms with Crippen LogP contribution in [-0.2, 0) is 31.4 Å². The molecule has 3 aromatic rings. The highest BCUT2D eigenvalue weighted by atomic mass is 16.2. The Hall–Kier alpha value is -3.84. The maximum absolute atomic E-state index is 13.7. The van der Waals surface area contributed by atoms with E-state index >= 15 is 0 Å². The summed E-state index contributed by atoms with van der Waals surface area (Å²) in [6.45, 7) is 3.55. The van der Waals surface area contributed by atoms with Crippen LogP contribution >= 0.6 is 0 Å². The molecular formula is C26H31N7O3. The molecule has 1 amide bonds. The Balaban J connectivity index is 1.60. The van der Waals surface area contributed by atoms with Crippen molar-refractivity contribution in [3.05, 3.63) is 50.7 Å². The monoisotopic (exact) mass is 489 g/mol. The molecule has 1 fully saturated rings. The molecule has 2 aliphatic heterocycles. The molecule has 1 aromatic carbocycles. The standard InChI is InChI=1S/C26H31N7O3/c1-3-4-14-32-22-23(28-25(32)30-13-8-11-19(27)16-30)29(2)26(36)33(24(22)35)17-21(34)31-15-7-10-18-9-5-6-12-20(18)31/h5-6,9,12,19H,7-8,10-11,13-17,27H2,1-2H3. The Bertz CT molecular complexity index is 1500. The Labute approximate surface area is 208 Å². The Kier molecular flexibility index (Phi) is 6.41. The average Bonchev–Trinajstić information content (AvgIpc) is 3.28. The van der Waals surface area contributed by atoms with E-state index < -0.39 is 11.2 Å². The van der Waals surface area contributed by atoms with Gasteiger partial charge in [-0.3, -0.25) is 18.7 Å². The van der Waals surface area contributed by atoms with Gasteiger partial charge in [0.25, 0.3) is 5.56 Å². The predicted molar refractivity (Wildman–Crippen MR) is 139 cm³/mol. The molecule has 10 nitrogen and oxygen atoms in total. The summed E-state index contributed by atoms with van der Waals surface area (Å²) in [4.78, 5) is 48.8. The molecule has 0 saturated carbocycles. The van der Waals surface area contributed by atoms with E-state index in [0.29, 0.717) is 19.0 Å². The van der Waals surface area contributed by atoms with Gasteiger partial charge in [0.1, 0.15) is 6.54 Å². The molecule has 0 aliphatic carbocycles. The molecule has 0 radical (unpaired) electrons. The van der Waals surface area contributed by atoms with Crippen LogP contribution in [0.1, 0.15) is 31.7 Å². The summed E-state index contributed by atoms with van der Waals surface area (Å²) in [5.74, 6) is 6.18. The highest BCUT2D eigenvalue weighted by molar-refractivity contribution is 5.94. The number of carbonyl (C=O) groups is 1. The van der Waals surface area contributed by atoms with Crippen molar-refractivity contribution in [2.45, 2.75) is 51.7 Å². The predicted octanol–water partition coefficient (Wildman–Crippen LogP) is 0.827. The second-order valence-corrected chi connectivity index (χ2v) is 9.46. The van der Waals surface area contributed by atoms with Crippen molar-refractivity contribution in [1.82, 2.24) is 18.7 Å². The van der Waals surface area contributed by atoms with Crippen LogP contribution in [0, 0.1) is 11.8 Å². The van der Waals surface area contributed by atoms with Crippen LogP contribution in [0.25, 0.3) is 11.2 Å². The summed E-state index contributed by atoms with van der Waals surface area (Å²) >= 11 is 0. The number of fused-ring (bicyclic) bond motifs is 2. The van der Waals surface area contributed by atoms with E-state index in [2.05, 4.69) is 16.7 Å². The van der Waals surface area contributed by atoms with Crippen molar-refractivity contribution in [2.24, 2.45) is 12.8 Å². The minimum absolute atomic E-state index is 0.00907. The van der Waals surface area contributed by atoms with Gasteiger partial charge in [-0.05, 0) is 44.2 Å². The van der Waals surface area contributed by atoms with Crippen LogP contribution in [-0.4, -0.2) is 50.3 Å². The lowest BCUT2D eigenvalue weighted by Gasteiger charge is -2.31. The van der Waals surface area contributed by atoms with Gasteiger partial charge in [0.05, 0.1) is 6.54 Å². The van der Waals surface area contributed by atoms with Crippen LogP contribution < -0.4 is 26.8 Å². The van der Waals surface area contributed by atoms with Crippen LogP contribution in [0.3, 0.4) is 0 Å². The van der Waals surface area contributed by atoms with E-state index in [1.807, 2.05) is 24.3 Å². The van der Waals surface area contributed by atoms with E-state index in [9.17, 15) is 14.4 Å². The first-order valence-corrected chi connectivity index (χ1v) is 12.4. The molecule has 1 unspecified atom stereocenters. The fraction of sp³-hybridized carbons (Fsp3) is 0.462. The summed E-state index contributed by atoms with van der Waals surface area (Å²) in [7, 11) is 1.58. The first kappa shape index (κ1) is 23.9. The number of anilines is 2. The summed E-state index contributed by atoms with van der Waals surface area (Å²) < 4.78 is 4.12. The molecule has 0 bridgehead atoms. The Morgan fingerprint density at radius 1 is 1.17 bits per heavy atom. The van der Waals surface area contributed by atoms with Gasteiger partial charge < -0.3 is 15.5 Å². The summed E-state index contributed by atoms with van der Waals surface area (Å²) in [5.41, 5.74) is 7.57. The SMILES string of the molecule is CC#CCn1c(N2CCCC(N)C2)nc2c1c(=O)n(CC(=O)N1CCCc3ccccc31)c(=O)n2C. The molecule has 0 spiro atoms. The minimum Gasteiger partial charge on any atom is -0.341 e. The van der Waals surface area contributed by atoms with E-state index in [1.54, 1.807) is 23.4 Å². The number of hydrogen-bond acceptors (Lipinski definition) is 6. The quantitative estimate of drug-likeness (QED) is 0.544. The molecule has 36 heavy (non-hydrogen) atoms. The number of nitrogens with two attached hydrogens (primary N) is 1. The fourth-order valence-electron chi connectivity index (χ4n) is 5.25. The molecule has 2 aromatic heterocycles. The van der Waals surface area contributed by atoms with Crippen molar-refractivity contribution in [3.8, 4) is 11.8 Å². The van der Waals surface area contributed by atoms with Gasteiger partial charge in [-0.1, -0.05) is 24.1 Å². The fourth-order valence-corrected chi connectivity index (χ4v) is 5.25. The van der Waals surface area contributed by atoms with Gasteiger partial charge >= 0.3 is 5.69 Å². The molecule has 10 heteroatoms. The lowest BCUT2D eigenvalue weighted by molar-refractivity contribution is -0.119. The highest BCUT2D eigenvalue weighted by Gasteiger charge is 2.28. The molecule has 2 N–H and O–H groups in total. The van der Waals surface area contributed by atoms with Crippen molar-refractivity contribution < 1.29 is 4.79 Å². The summed E-state index contributed by atoms with van der Waals surface area (Å²) in [6, 6.07) is 7.77. The van der Waals surface area contributed by atoms with Gasteiger partial charge in [0, 0.05) is 38.4 Å². The molecular weight excluding hydrogens is 458 g/mol. The number of para-hydroxylation sites is 1. The van der Waals surface area contributed by atoms with Crippen molar-refractivity contribution in [3.63, 3.8) is 0 Å². The molecule has 1 saturated heterocycles. The number of imidazole rings is 1. The molecule has 5 rings (SSSR count). The number of amides is 1. The van der Waals surface area contributed by atoms with Gasteiger partial charge in [-0.15, -0.1) is 5.92 Å². The summed E-state index contributed by atoms with van der Waals surface area (Å²) in [5, 5.41) is 0. The van der Waals surface area contributed by atoms with Gasteiger partial charge in [0.2, 0.25) is 11.9 Å². The van der Waals surface area contributed by atoms with E-state index in [4.69, 9.17) is 10.7 Å². The Morgan fingerprint density at radius 3 is 2.75 bits per heavy atom. The smallest absolute Gasteiger partial charge is 0.332 e. The van der Waals surface area contributed by atoms with Crippen molar-refractivity contribution in [2.75, 3.05) is 29.4 Å². The van der Waals surface area contributed by atoms with Crippen LogP contribution in [0.4, 0.5) is 11.6 Å². The third kappa shape index (κ3) is 4.09. The number of carbonyl (C=O) groups excluding carboxylic acids is 1. The lowest BCUT2D eigenvalue weighted by Crippen LogP contribution is -2.46. The zero-order valence-electron chi connectivity index (χ0n) is 20.7. The average molecular weight is 490 g/mol. The van der Waals surface area contributed by atoms with Crippen LogP contribution in [0.5, 0.6) is 0 Å². The highest BCUT2D eigenvalue weighted by Crippen LogP contribution is 2.27. The maximum atomic E-state index is 13.7. The maximum Gasteiger partial charge on any atom is 0.332 e. The van der Waals surface area contributed by atoms with Gasteiger partial charge in [0.15, 0.2) is 11.2 Å². The van der Waals surface area contributed by atoms with Crippen LogP contribution in [0.15, 0.2) is 33.9 Å². The largest absolute Gasteiger partial charge is 0.341 e. The van der Waals surface area contributed by atoms with Crippen LogP contribution in [0.2, 0.25) is 0 Å². The number of rotatable bonds is 4. The number of aryl methyl sites for hydroxylation is 2. The van der Waals surface area contributed by atoms with Gasteiger partial charge in [-0.2, -0.15) is 4.98 Å².